The van der Waals surface area contributed by atoms with Gasteiger partial charge in [0.2, 0.25) is 0 Å². The zero-order valence-electron chi connectivity index (χ0n) is 30.9. The number of benzene rings is 9. The van der Waals surface area contributed by atoms with Crippen LogP contribution in [0.3, 0.4) is 0 Å². The molecule has 0 N–H and O–H groups in total. The van der Waals surface area contributed by atoms with Gasteiger partial charge in [-0.2, -0.15) is 0 Å². The van der Waals surface area contributed by atoms with Crippen LogP contribution >= 0.6 is 0 Å². The molecular formula is C54H33N3. The minimum Gasteiger partial charge on any atom is -0.292 e. The second kappa shape index (κ2) is 12.5. The number of nitrogens with zero attached hydrogens (tertiary/aromatic N) is 3. The summed E-state index contributed by atoms with van der Waals surface area (Å²) in [5.41, 5.74) is 13.2. The molecule has 0 unspecified atom stereocenters. The van der Waals surface area contributed by atoms with Crippen molar-refractivity contribution < 1.29 is 0 Å². The molecule has 0 spiro atoms. The van der Waals surface area contributed by atoms with Gasteiger partial charge in [0.15, 0.2) is 0 Å². The minimum absolute atomic E-state index is 0.938. The monoisotopic (exact) mass is 723 g/mol. The Hall–Kier alpha value is -7.62. The fourth-order valence-corrected chi connectivity index (χ4v) is 9.12. The number of pyridine rings is 2. The fraction of sp³-hybridized carbons (Fsp3) is 0. The quantitative estimate of drug-likeness (QED) is 0.134. The van der Waals surface area contributed by atoms with E-state index in [1.165, 1.54) is 65.3 Å². The highest BCUT2D eigenvalue weighted by atomic mass is 15.0. The van der Waals surface area contributed by atoms with Crippen LogP contribution in [0, 0.1) is 0 Å². The number of hydrogen-bond acceptors (Lipinski definition) is 2. The SMILES string of the molecule is c1cc(-c2ccc3c(c2)c2ccccc2n2c4ccccc4nc32)nc(-c2c3ccccc3c(-c3ccc(-c4ccc5ccccc5c4)cc3)c3ccccc23)c1. The Balaban J connectivity index is 1.01. The van der Waals surface area contributed by atoms with Crippen LogP contribution in [-0.4, -0.2) is 14.4 Å². The Labute approximate surface area is 328 Å². The van der Waals surface area contributed by atoms with Gasteiger partial charge in [-0.05, 0) is 108 Å². The van der Waals surface area contributed by atoms with Gasteiger partial charge in [0, 0.05) is 21.9 Å². The maximum Gasteiger partial charge on any atom is 0.146 e. The summed E-state index contributed by atoms with van der Waals surface area (Å²) in [6, 6.07) is 72.1. The second-order valence-electron chi connectivity index (χ2n) is 14.9. The summed E-state index contributed by atoms with van der Waals surface area (Å²) in [6.07, 6.45) is 0. The highest BCUT2D eigenvalue weighted by molar-refractivity contribution is 6.21. The van der Waals surface area contributed by atoms with Crippen LogP contribution in [0.2, 0.25) is 0 Å². The number of imidazole rings is 1. The zero-order valence-corrected chi connectivity index (χ0v) is 30.9. The Morgan fingerprint density at radius 2 is 0.877 bits per heavy atom. The molecule has 9 aromatic carbocycles. The minimum atomic E-state index is 0.938. The third-order valence-corrected chi connectivity index (χ3v) is 11.7. The van der Waals surface area contributed by atoms with Crippen molar-refractivity contribution in [1.29, 1.82) is 0 Å². The molecule has 0 atom stereocenters. The molecule has 0 radical (unpaired) electrons. The topological polar surface area (TPSA) is 30.2 Å². The lowest BCUT2D eigenvalue weighted by molar-refractivity contribution is 1.31. The molecular weight excluding hydrogens is 691 g/mol. The first-order valence-electron chi connectivity index (χ1n) is 19.5. The molecule has 12 aromatic rings. The van der Waals surface area contributed by atoms with E-state index in [1.54, 1.807) is 0 Å². The predicted octanol–water partition coefficient (Wildman–Crippen LogP) is 14.3. The molecule has 0 saturated heterocycles. The van der Waals surface area contributed by atoms with Crippen LogP contribution < -0.4 is 0 Å². The molecule has 0 bridgehead atoms. The van der Waals surface area contributed by atoms with E-state index >= 15 is 0 Å². The van der Waals surface area contributed by atoms with Gasteiger partial charge < -0.3 is 0 Å². The molecule has 0 fully saturated rings. The van der Waals surface area contributed by atoms with Crippen LogP contribution in [0.5, 0.6) is 0 Å². The molecule has 3 nitrogen and oxygen atoms in total. The summed E-state index contributed by atoms with van der Waals surface area (Å²) in [5.74, 6) is 0. The van der Waals surface area contributed by atoms with E-state index in [0.29, 0.717) is 0 Å². The van der Waals surface area contributed by atoms with E-state index in [1.807, 2.05) is 0 Å². The van der Waals surface area contributed by atoms with Crippen LogP contribution in [0.1, 0.15) is 0 Å². The number of rotatable bonds is 4. The van der Waals surface area contributed by atoms with E-state index < -0.39 is 0 Å². The van der Waals surface area contributed by atoms with Gasteiger partial charge >= 0.3 is 0 Å². The van der Waals surface area contributed by atoms with E-state index in [-0.39, 0.29) is 0 Å². The summed E-state index contributed by atoms with van der Waals surface area (Å²) in [6.45, 7) is 0. The van der Waals surface area contributed by atoms with Crippen molar-refractivity contribution in [2.24, 2.45) is 0 Å². The second-order valence-corrected chi connectivity index (χ2v) is 14.9. The lowest BCUT2D eigenvalue weighted by Crippen LogP contribution is -1.94. The number of hydrogen-bond donors (Lipinski definition) is 0. The van der Waals surface area contributed by atoms with Crippen LogP contribution in [-0.2, 0) is 0 Å². The summed E-state index contributed by atoms with van der Waals surface area (Å²) < 4.78 is 2.30. The Morgan fingerprint density at radius 3 is 1.65 bits per heavy atom. The third-order valence-electron chi connectivity index (χ3n) is 11.7. The number of fused-ring (bicyclic) bond motifs is 11. The standard InChI is InChI=1S/C54H33N3/c1-2-13-37-32-38(29-26-34(37)12-1)35-24-27-36(28-25-35)52-41-15-3-5-17-43(41)53(44-18-6-4-16-42(44)52)49-21-11-20-47(55-49)39-30-31-45-46(33-39)40-14-7-9-22-50(40)57-51-23-10-8-19-48(51)56-54(45)57/h1-33H. The van der Waals surface area contributed by atoms with Crippen molar-refractivity contribution in [3.63, 3.8) is 0 Å². The van der Waals surface area contributed by atoms with Crippen molar-refractivity contribution in [3.05, 3.63) is 200 Å². The predicted molar refractivity (Wildman–Crippen MR) is 240 cm³/mol. The van der Waals surface area contributed by atoms with E-state index in [4.69, 9.17) is 9.97 Å². The molecule has 12 rings (SSSR count). The molecule has 0 aliphatic heterocycles. The highest BCUT2D eigenvalue weighted by Crippen LogP contribution is 2.44. The van der Waals surface area contributed by atoms with Gasteiger partial charge in [0.05, 0.1) is 27.9 Å². The first kappa shape index (κ1) is 31.7. The molecule has 0 aliphatic rings. The van der Waals surface area contributed by atoms with Crippen molar-refractivity contribution in [3.8, 4) is 44.8 Å². The molecule has 3 aromatic heterocycles. The molecule has 0 amide bonds. The summed E-state index contributed by atoms with van der Waals surface area (Å²) in [5, 5.41) is 10.8. The van der Waals surface area contributed by atoms with Gasteiger partial charge in [0.25, 0.3) is 0 Å². The van der Waals surface area contributed by atoms with Crippen molar-refractivity contribution in [2.45, 2.75) is 0 Å². The maximum atomic E-state index is 5.45. The first-order chi connectivity index (χ1) is 28.3. The van der Waals surface area contributed by atoms with Crippen LogP contribution in [0.25, 0.3) is 115 Å². The fourth-order valence-electron chi connectivity index (χ4n) is 9.12. The van der Waals surface area contributed by atoms with Gasteiger partial charge in [-0.1, -0.05) is 152 Å². The van der Waals surface area contributed by atoms with Gasteiger partial charge in [-0.15, -0.1) is 0 Å². The number of aromatic nitrogens is 3. The summed E-state index contributed by atoms with van der Waals surface area (Å²) in [7, 11) is 0. The van der Waals surface area contributed by atoms with E-state index in [2.05, 4.69) is 205 Å². The highest BCUT2D eigenvalue weighted by Gasteiger charge is 2.19. The molecule has 3 heterocycles. The first-order valence-corrected chi connectivity index (χ1v) is 19.5. The summed E-state index contributed by atoms with van der Waals surface area (Å²) in [4.78, 5) is 10.6. The summed E-state index contributed by atoms with van der Waals surface area (Å²) >= 11 is 0. The van der Waals surface area contributed by atoms with E-state index in [0.717, 1.165) is 50.1 Å². The van der Waals surface area contributed by atoms with Crippen molar-refractivity contribution in [1.82, 2.24) is 14.4 Å². The number of para-hydroxylation sites is 3. The van der Waals surface area contributed by atoms with Crippen LogP contribution in [0.4, 0.5) is 0 Å². The van der Waals surface area contributed by atoms with Crippen molar-refractivity contribution in [2.75, 3.05) is 0 Å². The lowest BCUT2D eigenvalue weighted by atomic mass is 9.86. The smallest absolute Gasteiger partial charge is 0.146 e. The average Bonchev–Trinajstić information content (AvgIpc) is 3.68. The van der Waals surface area contributed by atoms with Crippen molar-refractivity contribution >= 4 is 70.7 Å². The molecule has 0 aliphatic carbocycles. The Morgan fingerprint density at radius 1 is 0.298 bits per heavy atom. The lowest BCUT2D eigenvalue weighted by Gasteiger charge is -2.18. The zero-order chi connectivity index (χ0) is 37.5. The van der Waals surface area contributed by atoms with Gasteiger partial charge in [-0.3, -0.25) is 4.40 Å². The Kier molecular flexibility index (Phi) is 6.93. The molecule has 0 saturated carbocycles. The van der Waals surface area contributed by atoms with Gasteiger partial charge in [0.1, 0.15) is 5.65 Å². The average molecular weight is 724 g/mol. The Bertz CT molecular complexity index is 3520. The largest absolute Gasteiger partial charge is 0.292 e. The van der Waals surface area contributed by atoms with E-state index in [9.17, 15) is 0 Å². The maximum absolute atomic E-state index is 5.45. The molecule has 264 valence electrons. The van der Waals surface area contributed by atoms with Crippen LogP contribution in [0.15, 0.2) is 200 Å². The third kappa shape index (κ3) is 4.92. The molecule has 57 heavy (non-hydrogen) atoms. The van der Waals surface area contributed by atoms with Gasteiger partial charge in [-0.25, -0.2) is 9.97 Å². The molecule has 3 heteroatoms. The normalized spacial score (nSPS) is 11.9.